The van der Waals surface area contributed by atoms with E-state index < -0.39 is 0 Å². The number of carbonyl (C=O) groups excluding carboxylic acids is 3. The molecular formula is C25H34N4O4. The molecule has 8 heteroatoms. The number of ether oxygens (including phenoxy) is 1. The molecule has 0 unspecified atom stereocenters. The number of para-hydroxylation sites is 1. The van der Waals surface area contributed by atoms with Gasteiger partial charge in [0, 0.05) is 43.3 Å². The summed E-state index contributed by atoms with van der Waals surface area (Å²) < 4.78 is 6.97. The Labute approximate surface area is 195 Å². The number of piperazine rings is 1. The van der Waals surface area contributed by atoms with Gasteiger partial charge in [-0.2, -0.15) is 0 Å². The van der Waals surface area contributed by atoms with Gasteiger partial charge >= 0.3 is 5.97 Å². The van der Waals surface area contributed by atoms with E-state index in [1.807, 2.05) is 55.4 Å². The lowest BCUT2D eigenvalue weighted by molar-refractivity contribution is -0.133. The number of rotatable bonds is 7. The van der Waals surface area contributed by atoms with Gasteiger partial charge < -0.3 is 19.5 Å². The molecule has 0 radical (unpaired) electrons. The lowest BCUT2D eigenvalue weighted by atomic mass is 10.1. The number of aromatic nitrogens is 1. The second kappa shape index (κ2) is 10.7. The van der Waals surface area contributed by atoms with Crippen LogP contribution in [-0.2, 0) is 20.9 Å². The quantitative estimate of drug-likeness (QED) is 0.651. The molecule has 2 heterocycles. The number of hydrogen-bond donors (Lipinski definition) is 1. The zero-order chi connectivity index (χ0) is 24.1. The highest BCUT2D eigenvalue weighted by Crippen LogP contribution is 2.20. The van der Waals surface area contributed by atoms with Gasteiger partial charge in [-0.1, -0.05) is 18.2 Å². The van der Waals surface area contributed by atoms with Gasteiger partial charge in [-0.15, -0.1) is 0 Å². The first-order valence-corrected chi connectivity index (χ1v) is 11.4. The summed E-state index contributed by atoms with van der Waals surface area (Å²) in [6.45, 7) is 12.7. The van der Waals surface area contributed by atoms with Crippen molar-refractivity contribution in [2.24, 2.45) is 0 Å². The summed E-state index contributed by atoms with van der Waals surface area (Å²) in [5.41, 5.74) is 5.05. The highest BCUT2D eigenvalue weighted by atomic mass is 16.5. The maximum absolute atomic E-state index is 12.9. The summed E-state index contributed by atoms with van der Waals surface area (Å²) in [6.07, 6.45) is 0. The molecule has 1 fully saturated rings. The van der Waals surface area contributed by atoms with Crippen LogP contribution in [0.4, 0.5) is 5.69 Å². The smallest absolute Gasteiger partial charge is 0.339 e. The maximum Gasteiger partial charge on any atom is 0.339 e. The second-order valence-electron chi connectivity index (χ2n) is 8.56. The van der Waals surface area contributed by atoms with Crippen LogP contribution in [0.2, 0.25) is 0 Å². The number of hydrogen-bond acceptors (Lipinski definition) is 5. The number of benzene rings is 1. The summed E-state index contributed by atoms with van der Waals surface area (Å²) in [4.78, 5) is 41.5. The van der Waals surface area contributed by atoms with Gasteiger partial charge in [0.15, 0.2) is 0 Å². The third kappa shape index (κ3) is 5.82. The van der Waals surface area contributed by atoms with Crippen LogP contribution in [0.15, 0.2) is 24.3 Å². The van der Waals surface area contributed by atoms with E-state index in [2.05, 4.69) is 10.2 Å². The molecule has 0 aliphatic carbocycles. The zero-order valence-electron chi connectivity index (χ0n) is 20.2. The van der Waals surface area contributed by atoms with E-state index in [9.17, 15) is 14.4 Å². The molecule has 1 saturated heterocycles. The minimum atomic E-state index is -0.364. The van der Waals surface area contributed by atoms with E-state index in [0.29, 0.717) is 44.9 Å². The van der Waals surface area contributed by atoms with Crippen molar-refractivity contribution in [1.82, 2.24) is 14.4 Å². The molecule has 0 spiro atoms. The van der Waals surface area contributed by atoms with Crippen molar-refractivity contribution in [1.29, 1.82) is 0 Å². The fourth-order valence-electron chi connectivity index (χ4n) is 4.24. The largest absolute Gasteiger partial charge is 0.462 e. The molecule has 0 bridgehead atoms. The summed E-state index contributed by atoms with van der Waals surface area (Å²) in [5, 5.41) is 3.02. The normalized spacial score (nSPS) is 14.3. The summed E-state index contributed by atoms with van der Waals surface area (Å²) in [6, 6.07) is 7.71. The summed E-state index contributed by atoms with van der Waals surface area (Å²) in [7, 11) is 0. The van der Waals surface area contributed by atoms with Crippen molar-refractivity contribution >= 4 is 23.5 Å². The number of anilines is 1. The minimum absolute atomic E-state index is 0.00634. The topological polar surface area (TPSA) is 83.9 Å². The summed E-state index contributed by atoms with van der Waals surface area (Å²) >= 11 is 0. The third-order valence-electron chi connectivity index (χ3n) is 6.20. The van der Waals surface area contributed by atoms with E-state index in [0.717, 1.165) is 28.2 Å². The molecule has 1 aromatic heterocycles. The summed E-state index contributed by atoms with van der Waals surface area (Å²) in [5.74, 6) is -0.402. The standard InChI is InChI=1S/C25H34N4O4/c1-6-33-25(32)21-14-19(4)29(20(21)5)16-23(31)28-12-10-27(11-13-28)15-22(30)26-24-17(2)8-7-9-18(24)3/h7-9,14H,6,10-13,15-16H2,1-5H3,(H,26,30). The van der Waals surface area contributed by atoms with E-state index in [1.165, 1.54) is 0 Å². The molecule has 3 rings (SSSR count). The molecule has 1 aromatic carbocycles. The lowest BCUT2D eigenvalue weighted by Gasteiger charge is -2.34. The fraction of sp³-hybridized carbons (Fsp3) is 0.480. The molecule has 1 N–H and O–H groups in total. The number of esters is 1. The molecule has 2 amide bonds. The SMILES string of the molecule is CCOC(=O)c1cc(C)n(CC(=O)N2CCN(CC(=O)Nc3c(C)cccc3C)CC2)c1C. The first kappa shape index (κ1) is 24.5. The van der Waals surface area contributed by atoms with Gasteiger partial charge in [0.1, 0.15) is 6.54 Å². The van der Waals surface area contributed by atoms with Gasteiger partial charge in [0.25, 0.3) is 0 Å². The highest BCUT2D eigenvalue weighted by molar-refractivity contribution is 5.94. The van der Waals surface area contributed by atoms with Crippen molar-refractivity contribution in [2.75, 3.05) is 44.6 Å². The number of carbonyl (C=O) groups is 3. The molecule has 33 heavy (non-hydrogen) atoms. The number of nitrogens with one attached hydrogen (secondary N) is 1. The van der Waals surface area contributed by atoms with Crippen molar-refractivity contribution in [2.45, 2.75) is 41.2 Å². The molecule has 1 aliphatic rings. The van der Waals surface area contributed by atoms with Crippen LogP contribution < -0.4 is 5.32 Å². The Morgan fingerprint density at radius 3 is 2.21 bits per heavy atom. The van der Waals surface area contributed by atoms with Crippen LogP contribution in [0.5, 0.6) is 0 Å². The van der Waals surface area contributed by atoms with Crippen molar-refractivity contribution in [3.8, 4) is 0 Å². The van der Waals surface area contributed by atoms with Crippen molar-refractivity contribution in [3.63, 3.8) is 0 Å². The van der Waals surface area contributed by atoms with Crippen LogP contribution >= 0.6 is 0 Å². The van der Waals surface area contributed by atoms with Gasteiger partial charge in [-0.05, 0) is 51.8 Å². The fourth-order valence-corrected chi connectivity index (χ4v) is 4.24. The molecule has 2 aromatic rings. The van der Waals surface area contributed by atoms with Gasteiger partial charge in [0.05, 0.1) is 18.7 Å². The predicted octanol–water partition coefficient (Wildman–Crippen LogP) is 2.68. The molecular weight excluding hydrogens is 420 g/mol. The van der Waals surface area contributed by atoms with Crippen LogP contribution in [0, 0.1) is 27.7 Å². The van der Waals surface area contributed by atoms with Crippen LogP contribution in [0.3, 0.4) is 0 Å². The maximum atomic E-state index is 12.9. The molecule has 0 atom stereocenters. The van der Waals surface area contributed by atoms with E-state index in [4.69, 9.17) is 4.74 Å². The first-order chi connectivity index (χ1) is 15.7. The average Bonchev–Trinajstić information content (AvgIpc) is 3.05. The second-order valence-corrected chi connectivity index (χ2v) is 8.56. The van der Waals surface area contributed by atoms with Crippen LogP contribution in [0.25, 0.3) is 0 Å². The zero-order valence-corrected chi connectivity index (χ0v) is 20.2. The van der Waals surface area contributed by atoms with Gasteiger partial charge in [-0.3, -0.25) is 14.5 Å². The predicted molar refractivity (Wildman–Crippen MR) is 127 cm³/mol. The molecule has 178 valence electrons. The van der Waals surface area contributed by atoms with E-state index in [1.54, 1.807) is 13.0 Å². The number of nitrogens with zero attached hydrogens (tertiary/aromatic N) is 3. The monoisotopic (exact) mass is 454 g/mol. The lowest BCUT2D eigenvalue weighted by Crippen LogP contribution is -2.51. The van der Waals surface area contributed by atoms with E-state index >= 15 is 0 Å². The third-order valence-corrected chi connectivity index (χ3v) is 6.20. The van der Waals surface area contributed by atoms with Crippen LogP contribution in [0.1, 0.15) is 39.8 Å². The van der Waals surface area contributed by atoms with Crippen LogP contribution in [-0.4, -0.2) is 71.5 Å². The Morgan fingerprint density at radius 1 is 0.970 bits per heavy atom. The molecule has 0 saturated carbocycles. The Kier molecular flexibility index (Phi) is 7.92. The molecule has 8 nitrogen and oxygen atoms in total. The Hall–Kier alpha value is -3.13. The average molecular weight is 455 g/mol. The highest BCUT2D eigenvalue weighted by Gasteiger charge is 2.25. The number of amides is 2. The molecule has 1 aliphatic heterocycles. The van der Waals surface area contributed by atoms with Gasteiger partial charge in [-0.25, -0.2) is 4.79 Å². The minimum Gasteiger partial charge on any atom is -0.462 e. The van der Waals surface area contributed by atoms with Crippen molar-refractivity contribution < 1.29 is 19.1 Å². The first-order valence-electron chi connectivity index (χ1n) is 11.4. The van der Waals surface area contributed by atoms with Gasteiger partial charge in [0.2, 0.25) is 11.8 Å². The Morgan fingerprint density at radius 2 is 1.61 bits per heavy atom. The van der Waals surface area contributed by atoms with Crippen molar-refractivity contribution in [3.05, 3.63) is 52.3 Å². The Balaban J connectivity index is 1.52. The Bertz CT molecular complexity index is 1020. The van der Waals surface area contributed by atoms with E-state index in [-0.39, 0.29) is 24.3 Å². The number of aryl methyl sites for hydroxylation is 3.